The largest absolute Gasteiger partial charge is 0.406 e. The second kappa shape index (κ2) is 6.74. The van der Waals surface area contributed by atoms with E-state index in [0.29, 0.717) is 9.80 Å². The molecule has 0 N–H and O–H groups in total. The third-order valence-corrected chi connectivity index (χ3v) is 3.64. The number of nitrogens with zero attached hydrogens (tertiary/aromatic N) is 1. The summed E-state index contributed by atoms with van der Waals surface area (Å²) in [5, 5.41) is 0.294. The van der Waals surface area contributed by atoms with Crippen LogP contribution in [-0.2, 0) is 0 Å². The van der Waals surface area contributed by atoms with E-state index >= 15 is 0 Å². The lowest BCUT2D eigenvalue weighted by Crippen LogP contribution is -2.40. The number of benzene rings is 1. The minimum absolute atomic E-state index is 0.00381. The van der Waals surface area contributed by atoms with E-state index in [2.05, 4.69) is 31.9 Å². The number of amides is 1. The van der Waals surface area contributed by atoms with Crippen molar-refractivity contribution in [2.75, 3.05) is 18.4 Å². The Morgan fingerprint density at radius 1 is 1.37 bits per heavy atom. The molecule has 7 heteroatoms. The van der Waals surface area contributed by atoms with Crippen LogP contribution in [0.4, 0.5) is 13.2 Å². The number of carbonyl (C=O) groups excluding carboxylic acids is 1. The average Bonchev–Trinajstić information content (AvgIpc) is 2.29. The number of hydrogen-bond acceptors (Lipinski definition) is 1. The number of alkyl halides is 4. The van der Waals surface area contributed by atoms with Crippen LogP contribution >= 0.6 is 31.9 Å². The van der Waals surface area contributed by atoms with Crippen LogP contribution < -0.4 is 0 Å². The highest BCUT2D eigenvalue weighted by atomic mass is 79.9. The first kappa shape index (κ1) is 16.5. The molecular weight excluding hydrogens is 391 g/mol. The highest BCUT2D eigenvalue weighted by molar-refractivity contribution is 9.10. The zero-order chi connectivity index (χ0) is 14.6. The van der Waals surface area contributed by atoms with Crippen molar-refractivity contribution in [2.24, 2.45) is 0 Å². The van der Waals surface area contributed by atoms with Crippen LogP contribution in [0.5, 0.6) is 0 Å². The third kappa shape index (κ3) is 5.14. The number of aryl methyl sites for hydroxylation is 1. The molecule has 2 nitrogen and oxygen atoms in total. The van der Waals surface area contributed by atoms with Crippen LogP contribution in [0.15, 0.2) is 22.7 Å². The van der Waals surface area contributed by atoms with Gasteiger partial charge in [-0.05, 0) is 24.6 Å². The van der Waals surface area contributed by atoms with Gasteiger partial charge in [0.25, 0.3) is 5.91 Å². The minimum Gasteiger partial charge on any atom is -0.329 e. The number of hydrogen-bond donors (Lipinski definition) is 0. The van der Waals surface area contributed by atoms with Crippen molar-refractivity contribution in [3.05, 3.63) is 33.8 Å². The molecule has 0 heterocycles. The predicted octanol–water partition coefficient (Wildman–Crippen LogP) is 4.16. The normalized spacial score (nSPS) is 11.5. The van der Waals surface area contributed by atoms with Crippen molar-refractivity contribution in [1.29, 1.82) is 0 Å². The van der Waals surface area contributed by atoms with E-state index in [1.807, 2.05) is 6.92 Å². The highest BCUT2D eigenvalue weighted by Gasteiger charge is 2.33. The monoisotopic (exact) mass is 401 g/mol. The van der Waals surface area contributed by atoms with E-state index in [1.165, 1.54) is 12.1 Å². The zero-order valence-corrected chi connectivity index (χ0v) is 13.3. The molecule has 0 aliphatic carbocycles. The van der Waals surface area contributed by atoms with Crippen LogP contribution in [-0.4, -0.2) is 35.4 Å². The van der Waals surface area contributed by atoms with Crippen molar-refractivity contribution in [3.8, 4) is 0 Å². The summed E-state index contributed by atoms with van der Waals surface area (Å²) in [6, 6.07) is 4.76. The van der Waals surface area contributed by atoms with Crippen LogP contribution in [0.2, 0.25) is 0 Å². The lowest BCUT2D eigenvalue weighted by Gasteiger charge is -2.23. The van der Waals surface area contributed by atoms with E-state index in [9.17, 15) is 18.0 Å². The van der Waals surface area contributed by atoms with E-state index in [-0.39, 0.29) is 12.1 Å². The molecule has 0 unspecified atom stereocenters. The van der Waals surface area contributed by atoms with Gasteiger partial charge in [-0.2, -0.15) is 13.2 Å². The van der Waals surface area contributed by atoms with Gasteiger partial charge in [0, 0.05) is 21.9 Å². The van der Waals surface area contributed by atoms with Gasteiger partial charge >= 0.3 is 6.18 Å². The van der Waals surface area contributed by atoms with E-state index in [0.717, 1.165) is 10.5 Å². The Morgan fingerprint density at radius 3 is 2.47 bits per heavy atom. The molecule has 0 aliphatic rings. The Hall–Kier alpha value is -0.560. The molecule has 1 aromatic rings. The fraction of sp³-hybridized carbons (Fsp3) is 0.417. The first-order valence-corrected chi connectivity index (χ1v) is 7.34. The van der Waals surface area contributed by atoms with Gasteiger partial charge in [0.05, 0.1) is 0 Å². The highest BCUT2D eigenvalue weighted by Crippen LogP contribution is 2.21. The van der Waals surface area contributed by atoms with Gasteiger partial charge in [-0.1, -0.05) is 37.9 Å². The third-order valence-electron chi connectivity index (χ3n) is 2.43. The van der Waals surface area contributed by atoms with Crippen molar-refractivity contribution < 1.29 is 18.0 Å². The van der Waals surface area contributed by atoms with Crippen molar-refractivity contribution in [1.82, 2.24) is 4.90 Å². The van der Waals surface area contributed by atoms with Crippen LogP contribution in [0, 0.1) is 6.92 Å². The Morgan fingerprint density at radius 2 is 2.00 bits per heavy atom. The Kier molecular flexibility index (Phi) is 5.85. The summed E-state index contributed by atoms with van der Waals surface area (Å²) < 4.78 is 38.0. The molecule has 1 amide bonds. The molecule has 0 aliphatic heterocycles. The van der Waals surface area contributed by atoms with Gasteiger partial charge in [-0.15, -0.1) is 0 Å². The van der Waals surface area contributed by atoms with Gasteiger partial charge in [0.1, 0.15) is 6.54 Å². The zero-order valence-electron chi connectivity index (χ0n) is 10.1. The maximum atomic E-state index is 12.4. The summed E-state index contributed by atoms with van der Waals surface area (Å²) in [6.07, 6.45) is -4.40. The fourth-order valence-corrected chi connectivity index (χ4v) is 2.29. The predicted molar refractivity (Wildman–Crippen MR) is 74.6 cm³/mol. The SMILES string of the molecule is Cc1ccc(C(=O)N(CCBr)CC(F)(F)F)cc1Br. The topological polar surface area (TPSA) is 20.3 Å². The molecule has 0 fully saturated rings. The summed E-state index contributed by atoms with van der Waals surface area (Å²) in [5.74, 6) is -0.627. The fourth-order valence-electron chi connectivity index (χ4n) is 1.48. The van der Waals surface area contributed by atoms with Crippen molar-refractivity contribution >= 4 is 37.8 Å². The lowest BCUT2D eigenvalue weighted by atomic mass is 10.1. The van der Waals surface area contributed by atoms with E-state index in [4.69, 9.17) is 0 Å². The first-order chi connectivity index (χ1) is 8.74. The minimum atomic E-state index is -4.40. The van der Waals surface area contributed by atoms with Crippen molar-refractivity contribution in [3.63, 3.8) is 0 Å². The molecular formula is C12H12Br2F3NO. The van der Waals surface area contributed by atoms with Gasteiger partial charge in [0.2, 0.25) is 0 Å². The van der Waals surface area contributed by atoms with Gasteiger partial charge in [0.15, 0.2) is 0 Å². The molecule has 0 bridgehead atoms. The second-order valence-electron chi connectivity index (χ2n) is 3.99. The Bertz CT molecular complexity index is 463. The van der Waals surface area contributed by atoms with Crippen LogP contribution in [0.3, 0.4) is 0 Å². The molecule has 19 heavy (non-hydrogen) atoms. The van der Waals surface area contributed by atoms with Gasteiger partial charge in [-0.25, -0.2) is 0 Å². The molecule has 0 saturated heterocycles. The maximum Gasteiger partial charge on any atom is 0.406 e. The Balaban J connectivity index is 2.95. The van der Waals surface area contributed by atoms with Gasteiger partial charge < -0.3 is 4.90 Å². The standard InChI is InChI=1S/C12H12Br2F3NO/c1-8-2-3-9(6-10(8)14)11(19)18(5-4-13)7-12(15,16)17/h2-3,6H,4-5,7H2,1H3. The Labute approximate surface area is 126 Å². The molecule has 106 valence electrons. The summed E-state index contributed by atoms with van der Waals surface area (Å²) >= 11 is 6.32. The quantitative estimate of drug-likeness (QED) is 0.692. The summed E-state index contributed by atoms with van der Waals surface area (Å²) in [6.45, 7) is 0.594. The number of carbonyl (C=O) groups is 1. The molecule has 1 aromatic carbocycles. The van der Waals surface area contributed by atoms with Gasteiger partial charge in [-0.3, -0.25) is 4.79 Å². The van der Waals surface area contributed by atoms with Crippen LogP contribution in [0.1, 0.15) is 15.9 Å². The molecule has 0 atom stereocenters. The number of halogens is 5. The summed E-state index contributed by atoms with van der Waals surface area (Å²) in [5.41, 5.74) is 1.15. The van der Waals surface area contributed by atoms with Crippen molar-refractivity contribution in [2.45, 2.75) is 13.1 Å². The smallest absolute Gasteiger partial charge is 0.329 e. The maximum absolute atomic E-state index is 12.4. The first-order valence-electron chi connectivity index (χ1n) is 5.42. The summed E-state index contributed by atoms with van der Waals surface area (Å²) in [7, 11) is 0. The lowest BCUT2D eigenvalue weighted by molar-refractivity contribution is -0.140. The summed E-state index contributed by atoms with van der Waals surface area (Å²) in [4.78, 5) is 12.8. The molecule has 0 spiro atoms. The van der Waals surface area contributed by atoms with E-state index < -0.39 is 18.6 Å². The van der Waals surface area contributed by atoms with Crippen LogP contribution in [0.25, 0.3) is 0 Å². The molecule has 0 saturated carbocycles. The second-order valence-corrected chi connectivity index (χ2v) is 5.64. The van der Waals surface area contributed by atoms with E-state index in [1.54, 1.807) is 6.07 Å². The number of rotatable bonds is 4. The molecule has 1 rings (SSSR count). The molecule has 0 radical (unpaired) electrons. The average molecular weight is 403 g/mol. The molecule has 0 aromatic heterocycles.